The normalized spacial score (nSPS) is 29.8. The van der Waals surface area contributed by atoms with Gasteiger partial charge in [0, 0.05) is 19.8 Å². The van der Waals surface area contributed by atoms with Gasteiger partial charge in [0.15, 0.2) is 0 Å². The molecule has 0 spiro atoms. The highest BCUT2D eigenvalue weighted by atomic mass is 16.5. The van der Waals surface area contributed by atoms with Crippen molar-refractivity contribution in [2.75, 3.05) is 26.4 Å². The summed E-state index contributed by atoms with van der Waals surface area (Å²) in [6.45, 7) is 23.1. The molecular weight excluding hydrogens is 721 g/mol. The van der Waals surface area contributed by atoms with Crippen molar-refractivity contribution in [3.8, 4) is 0 Å². The van der Waals surface area contributed by atoms with Crippen LogP contribution in [-0.2, 0) is 14.2 Å². The lowest BCUT2D eigenvalue weighted by atomic mass is 9.47. The van der Waals surface area contributed by atoms with E-state index < -0.39 is 0 Å². The predicted molar refractivity (Wildman–Crippen MR) is 256 cm³/mol. The Kier molecular flexibility index (Phi) is 24.1. The fourth-order valence-corrected chi connectivity index (χ4v) is 12.7. The fourth-order valence-electron chi connectivity index (χ4n) is 12.7. The zero-order valence-electron chi connectivity index (χ0n) is 40.7. The van der Waals surface area contributed by atoms with Gasteiger partial charge in [0.2, 0.25) is 0 Å². The Balaban J connectivity index is 1.05. The molecule has 0 aromatic rings. The minimum absolute atomic E-state index is 0.222. The SMILES string of the molecule is CCCCCC=CCC=CCCCCCCCCOCC(CC(C)CC)OCCCCOC1CCC2(C)C(=CCC3C2CCC2(C)C(C(C)CCCC(C)C)CCC32)C1. The largest absolute Gasteiger partial charge is 0.379 e. The first-order valence-electron chi connectivity index (χ1n) is 26.4. The number of ether oxygens (including phenoxy) is 3. The molecule has 0 heterocycles. The Morgan fingerprint density at radius 2 is 1.42 bits per heavy atom. The summed E-state index contributed by atoms with van der Waals surface area (Å²) in [5, 5.41) is 0. The molecule has 3 fully saturated rings. The van der Waals surface area contributed by atoms with Crippen molar-refractivity contribution in [1.82, 2.24) is 0 Å². The van der Waals surface area contributed by atoms with Gasteiger partial charge in [-0.05, 0) is 161 Å². The van der Waals surface area contributed by atoms with Gasteiger partial charge in [-0.15, -0.1) is 0 Å². The third-order valence-corrected chi connectivity index (χ3v) is 16.7. The molecule has 4 rings (SSSR count). The van der Waals surface area contributed by atoms with Crippen molar-refractivity contribution >= 4 is 0 Å². The molecule has 10 atom stereocenters. The van der Waals surface area contributed by atoms with Crippen LogP contribution in [0.2, 0.25) is 0 Å². The van der Waals surface area contributed by atoms with E-state index in [0.29, 0.717) is 22.9 Å². The summed E-state index contributed by atoms with van der Waals surface area (Å²) in [5.74, 6) is 6.12. The van der Waals surface area contributed by atoms with E-state index in [-0.39, 0.29) is 6.10 Å². The lowest BCUT2D eigenvalue weighted by Gasteiger charge is -2.58. The Morgan fingerprint density at radius 1 is 0.712 bits per heavy atom. The summed E-state index contributed by atoms with van der Waals surface area (Å²) in [6.07, 6.45) is 48.0. The molecule has 10 unspecified atom stereocenters. The molecule has 4 aliphatic rings. The smallest absolute Gasteiger partial charge is 0.0811 e. The van der Waals surface area contributed by atoms with Gasteiger partial charge in [0.25, 0.3) is 0 Å². The number of allylic oxidation sites excluding steroid dienone is 5. The first kappa shape index (κ1) is 50.7. The number of unbranched alkanes of at least 4 members (excludes halogenated alkanes) is 10. The van der Waals surface area contributed by atoms with Crippen molar-refractivity contribution in [2.24, 2.45) is 52.3 Å². The highest BCUT2D eigenvalue weighted by Crippen LogP contribution is 2.67. The Hall–Kier alpha value is -0.900. The van der Waals surface area contributed by atoms with Crippen molar-refractivity contribution in [2.45, 2.75) is 241 Å². The fraction of sp³-hybridized carbons (Fsp3) is 0.893. The molecule has 0 bridgehead atoms. The van der Waals surface area contributed by atoms with Gasteiger partial charge in [-0.25, -0.2) is 0 Å². The minimum Gasteiger partial charge on any atom is -0.379 e. The molecule has 342 valence electrons. The van der Waals surface area contributed by atoms with Crippen LogP contribution in [0.5, 0.6) is 0 Å². The van der Waals surface area contributed by atoms with Crippen LogP contribution >= 0.6 is 0 Å². The van der Waals surface area contributed by atoms with Gasteiger partial charge in [-0.2, -0.15) is 0 Å². The van der Waals surface area contributed by atoms with E-state index in [2.05, 4.69) is 85.8 Å². The van der Waals surface area contributed by atoms with E-state index in [0.717, 1.165) is 87.6 Å². The van der Waals surface area contributed by atoms with Crippen LogP contribution in [0.25, 0.3) is 0 Å². The van der Waals surface area contributed by atoms with E-state index in [4.69, 9.17) is 14.2 Å². The number of hydrogen-bond donors (Lipinski definition) is 0. The average Bonchev–Trinajstić information content (AvgIpc) is 3.58. The number of rotatable bonds is 32. The molecule has 3 heteroatoms. The lowest BCUT2D eigenvalue weighted by Crippen LogP contribution is -2.51. The van der Waals surface area contributed by atoms with Crippen molar-refractivity contribution < 1.29 is 14.2 Å². The lowest BCUT2D eigenvalue weighted by molar-refractivity contribution is -0.0648. The van der Waals surface area contributed by atoms with E-state index in [1.165, 1.54) is 148 Å². The summed E-state index contributed by atoms with van der Waals surface area (Å²) in [7, 11) is 0. The Bertz CT molecular complexity index is 1190. The Morgan fingerprint density at radius 3 is 2.17 bits per heavy atom. The number of hydrogen-bond acceptors (Lipinski definition) is 3. The molecule has 0 aromatic carbocycles. The van der Waals surface area contributed by atoms with Crippen LogP contribution < -0.4 is 0 Å². The van der Waals surface area contributed by atoms with Crippen molar-refractivity contribution in [3.63, 3.8) is 0 Å². The monoisotopic (exact) mass is 821 g/mol. The van der Waals surface area contributed by atoms with Crippen LogP contribution in [-0.4, -0.2) is 38.6 Å². The number of fused-ring (bicyclic) bond motifs is 5. The van der Waals surface area contributed by atoms with Crippen molar-refractivity contribution in [1.29, 1.82) is 0 Å². The summed E-state index contributed by atoms with van der Waals surface area (Å²) in [5.41, 5.74) is 2.75. The van der Waals surface area contributed by atoms with Gasteiger partial charge in [-0.3, -0.25) is 0 Å². The molecule has 59 heavy (non-hydrogen) atoms. The molecule has 4 aliphatic carbocycles. The molecular formula is C56H100O3. The second-order valence-corrected chi connectivity index (χ2v) is 21.6. The highest BCUT2D eigenvalue weighted by Gasteiger charge is 2.59. The van der Waals surface area contributed by atoms with E-state index in [1.54, 1.807) is 5.57 Å². The molecule has 0 radical (unpaired) electrons. The summed E-state index contributed by atoms with van der Waals surface area (Å²) in [6, 6.07) is 0. The summed E-state index contributed by atoms with van der Waals surface area (Å²) >= 11 is 0. The van der Waals surface area contributed by atoms with Crippen LogP contribution in [0.1, 0.15) is 229 Å². The van der Waals surface area contributed by atoms with Crippen LogP contribution in [0.15, 0.2) is 36.0 Å². The maximum absolute atomic E-state index is 6.62. The maximum atomic E-state index is 6.62. The highest BCUT2D eigenvalue weighted by molar-refractivity contribution is 5.25. The van der Waals surface area contributed by atoms with Gasteiger partial charge in [-0.1, -0.05) is 156 Å². The zero-order chi connectivity index (χ0) is 42.4. The zero-order valence-corrected chi connectivity index (χ0v) is 40.7. The maximum Gasteiger partial charge on any atom is 0.0811 e. The summed E-state index contributed by atoms with van der Waals surface area (Å²) < 4.78 is 19.3. The average molecular weight is 821 g/mol. The molecule has 0 saturated heterocycles. The quantitative estimate of drug-likeness (QED) is 0.0500. The van der Waals surface area contributed by atoms with E-state index >= 15 is 0 Å². The minimum atomic E-state index is 0.222. The van der Waals surface area contributed by atoms with Crippen LogP contribution in [0, 0.1) is 52.3 Å². The predicted octanol–water partition coefficient (Wildman–Crippen LogP) is 16.8. The van der Waals surface area contributed by atoms with Crippen LogP contribution in [0.4, 0.5) is 0 Å². The van der Waals surface area contributed by atoms with Gasteiger partial charge < -0.3 is 14.2 Å². The molecule has 0 aliphatic heterocycles. The molecule has 3 saturated carbocycles. The first-order chi connectivity index (χ1) is 28.6. The van der Waals surface area contributed by atoms with Gasteiger partial charge >= 0.3 is 0 Å². The molecule has 3 nitrogen and oxygen atoms in total. The molecule has 0 amide bonds. The van der Waals surface area contributed by atoms with Gasteiger partial charge in [0.05, 0.1) is 18.8 Å². The first-order valence-corrected chi connectivity index (χ1v) is 26.4. The van der Waals surface area contributed by atoms with E-state index in [9.17, 15) is 0 Å². The Labute approximate surface area is 368 Å². The van der Waals surface area contributed by atoms with Crippen molar-refractivity contribution in [3.05, 3.63) is 36.0 Å². The third kappa shape index (κ3) is 16.6. The van der Waals surface area contributed by atoms with Crippen LogP contribution in [0.3, 0.4) is 0 Å². The topological polar surface area (TPSA) is 27.7 Å². The summed E-state index contributed by atoms with van der Waals surface area (Å²) in [4.78, 5) is 0. The second kappa shape index (κ2) is 28.0. The van der Waals surface area contributed by atoms with E-state index in [1.807, 2.05) is 0 Å². The molecule has 0 N–H and O–H groups in total. The second-order valence-electron chi connectivity index (χ2n) is 21.6. The standard InChI is InChI=1S/C56H100O3/c1-9-11-12-13-14-15-16-17-18-19-20-21-22-23-24-25-39-57-44-50(42-46(5)10-2)59-41-27-26-40-58-49-35-37-55(7)48(43-49)31-32-51-53-34-33-52(47(6)30-28-29-45(3)4)56(53,8)38-36-54(51)55/h14-15,17-18,31,45-47,49-54H,9-13,16,19-30,32-44H2,1-8H3. The molecule has 0 aromatic heterocycles. The van der Waals surface area contributed by atoms with Gasteiger partial charge in [0.1, 0.15) is 0 Å². The third-order valence-electron chi connectivity index (χ3n) is 16.7.